The third-order valence-corrected chi connectivity index (χ3v) is 2.27. The van der Waals surface area contributed by atoms with Crippen molar-refractivity contribution in [2.75, 3.05) is 0 Å². The van der Waals surface area contributed by atoms with Gasteiger partial charge in [-0.05, 0) is 23.6 Å². The van der Waals surface area contributed by atoms with Crippen LogP contribution in [0.2, 0.25) is 0 Å². The predicted octanol–water partition coefficient (Wildman–Crippen LogP) is 2.79. The lowest BCUT2D eigenvalue weighted by molar-refractivity contribution is 0.499. The Morgan fingerprint density at radius 3 is 2.50 bits per heavy atom. The van der Waals surface area contributed by atoms with E-state index in [2.05, 4.69) is 6.58 Å². The van der Waals surface area contributed by atoms with Gasteiger partial charge in [-0.2, -0.15) is 0 Å². The van der Waals surface area contributed by atoms with Crippen molar-refractivity contribution in [1.82, 2.24) is 0 Å². The zero-order chi connectivity index (χ0) is 10.7. The molecule has 0 heterocycles. The van der Waals surface area contributed by atoms with E-state index < -0.39 is 11.6 Å². The average Bonchev–Trinajstić information content (AvgIpc) is 2.20. The summed E-state index contributed by atoms with van der Waals surface area (Å²) in [5.41, 5.74) is 6.39. The Labute approximate surface area is 82.2 Å². The van der Waals surface area contributed by atoms with E-state index in [1.165, 1.54) is 6.07 Å². The Balaban J connectivity index is 2.96. The summed E-state index contributed by atoms with van der Waals surface area (Å²) in [4.78, 5) is 0. The van der Waals surface area contributed by atoms with Crippen LogP contribution in [0.25, 0.3) is 0 Å². The Hall–Kier alpha value is -1.22. The second kappa shape index (κ2) is 4.33. The minimum absolute atomic E-state index is 0.0276. The summed E-state index contributed by atoms with van der Waals surface area (Å²) in [6.45, 7) is 5.47. The minimum Gasteiger partial charge on any atom is -0.323 e. The summed E-state index contributed by atoms with van der Waals surface area (Å²) in [5, 5.41) is 0. The quantitative estimate of drug-likeness (QED) is 0.741. The van der Waals surface area contributed by atoms with Gasteiger partial charge in [-0.25, -0.2) is 8.78 Å². The minimum atomic E-state index is -0.866. The smallest absolute Gasteiger partial charge is 0.159 e. The van der Waals surface area contributed by atoms with Crippen LogP contribution in [-0.4, -0.2) is 0 Å². The highest BCUT2D eigenvalue weighted by Gasteiger charge is 2.13. The normalized spacial score (nSPS) is 14.9. The molecule has 0 fully saturated rings. The average molecular weight is 197 g/mol. The van der Waals surface area contributed by atoms with Crippen LogP contribution in [0.4, 0.5) is 8.78 Å². The number of benzene rings is 1. The van der Waals surface area contributed by atoms with E-state index in [-0.39, 0.29) is 12.0 Å². The first-order chi connectivity index (χ1) is 6.56. The lowest BCUT2D eigenvalue weighted by Crippen LogP contribution is -2.17. The van der Waals surface area contributed by atoms with Crippen LogP contribution in [0.5, 0.6) is 0 Å². The summed E-state index contributed by atoms with van der Waals surface area (Å²) < 4.78 is 25.5. The number of halogens is 2. The maximum atomic E-state index is 12.9. The molecule has 2 atom stereocenters. The van der Waals surface area contributed by atoms with Gasteiger partial charge in [0.25, 0.3) is 0 Å². The third kappa shape index (κ3) is 2.17. The highest BCUT2D eigenvalue weighted by molar-refractivity contribution is 5.22. The Bertz CT molecular complexity index is 336. The van der Waals surface area contributed by atoms with E-state index >= 15 is 0 Å². The van der Waals surface area contributed by atoms with Gasteiger partial charge in [-0.3, -0.25) is 0 Å². The second-order valence-corrected chi connectivity index (χ2v) is 3.29. The molecule has 0 spiro atoms. The molecule has 76 valence electrons. The molecule has 1 nitrogen and oxygen atoms in total. The molecule has 0 amide bonds. The number of hydrogen-bond acceptors (Lipinski definition) is 1. The maximum Gasteiger partial charge on any atom is 0.159 e. The standard InChI is InChI=1S/C11H13F2N/c1-3-7(2)11(14)8-4-5-9(12)10(13)6-8/h3-7,11H,1,14H2,2H3/t7-,11-/m0/s1. The van der Waals surface area contributed by atoms with Crippen molar-refractivity contribution in [3.63, 3.8) is 0 Å². The van der Waals surface area contributed by atoms with E-state index in [1.54, 1.807) is 6.08 Å². The van der Waals surface area contributed by atoms with Crippen molar-refractivity contribution in [2.24, 2.45) is 11.7 Å². The van der Waals surface area contributed by atoms with Crippen molar-refractivity contribution < 1.29 is 8.78 Å². The molecule has 0 aromatic heterocycles. The zero-order valence-corrected chi connectivity index (χ0v) is 8.00. The van der Waals surface area contributed by atoms with Crippen molar-refractivity contribution in [3.8, 4) is 0 Å². The van der Waals surface area contributed by atoms with Gasteiger partial charge >= 0.3 is 0 Å². The molecule has 0 radical (unpaired) electrons. The van der Waals surface area contributed by atoms with Gasteiger partial charge < -0.3 is 5.73 Å². The first-order valence-electron chi connectivity index (χ1n) is 4.39. The van der Waals surface area contributed by atoms with Gasteiger partial charge in [0.15, 0.2) is 11.6 Å². The van der Waals surface area contributed by atoms with Gasteiger partial charge in [0.1, 0.15) is 0 Å². The Morgan fingerprint density at radius 2 is 2.00 bits per heavy atom. The van der Waals surface area contributed by atoms with Crippen LogP contribution in [-0.2, 0) is 0 Å². The fourth-order valence-corrected chi connectivity index (χ4v) is 1.17. The van der Waals surface area contributed by atoms with Crippen LogP contribution in [0.15, 0.2) is 30.9 Å². The second-order valence-electron chi connectivity index (χ2n) is 3.29. The summed E-state index contributed by atoms with van der Waals surface area (Å²) in [6, 6.07) is 3.35. The van der Waals surface area contributed by atoms with E-state index in [0.29, 0.717) is 5.56 Å². The predicted molar refractivity (Wildman–Crippen MR) is 52.6 cm³/mol. The van der Waals surface area contributed by atoms with Crippen LogP contribution < -0.4 is 5.73 Å². The Kier molecular flexibility index (Phi) is 3.36. The van der Waals surface area contributed by atoms with Crippen molar-refractivity contribution in [1.29, 1.82) is 0 Å². The summed E-state index contributed by atoms with van der Waals surface area (Å²) in [5.74, 6) is -1.69. The monoisotopic (exact) mass is 197 g/mol. The van der Waals surface area contributed by atoms with Crippen molar-refractivity contribution in [3.05, 3.63) is 48.1 Å². The molecule has 0 bridgehead atoms. The number of hydrogen-bond donors (Lipinski definition) is 1. The fourth-order valence-electron chi connectivity index (χ4n) is 1.17. The first-order valence-corrected chi connectivity index (χ1v) is 4.39. The molecule has 0 saturated carbocycles. The van der Waals surface area contributed by atoms with E-state index in [4.69, 9.17) is 5.73 Å². The van der Waals surface area contributed by atoms with Crippen LogP contribution in [0, 0.1) is 17.6 Å². The van der Waals surface area contributed by atoms with Crippen LogP contribution >= 0.6 is 0 Å². The highest BCUT2D eigenvalue weighted by Crippen LogP contribution is 2.21. The van der Waals surface area contributed by atoms with E-state index in [1.807, 2.05) is 6.92 Å². The van der Waals surface area contributed by atoms with Gasteiger partial charge in [-0.1, -0.05) is 19.1 Å². The molecule has 0 aliphatic carbocycles. The van der Waals surface area contributed by atoms with Gasteiger partial charge in [0.2, 0.25) is 0 Å². The molecule has 14 heavy (non-hydrogen) atoms. The Morgan fingerprint density at radius 1 is 1.36 bits per heavy atom. The van der Waals surface area contributed by atoms with Gasteiger partial charge in [-0.15, -0.1) is 6.58 Å². The molecule has 1 aromatic rings. The maximum absolute atomic E-state index is 12.9. The molecular weight excluding hydrogens is 184 g/mol. The lowest BCUT2D eigenvalue weighted by Gasteiger charge is -2.16. The fraction of sp³-hybridized carbons (Fsp3) is 0.273. The summed E-state index contributed by atoms with van der Waals surface area (Å²) in [6.07, 6.45) is 1.69. The van der Waals surface area contributed by atoms with Crippen LogP contribution in [0.3, 0.4) is 0 Å². The van der Waals surface area contributed by atoms with Crippen molar-refractivity contribution in [2.45, 2.75) is 13.0 Å². The molecule has 2 N–H and O–H groups in total. The van der Waals surface area contributed by atoms with Crippen LogP contribution in [0.1, 0.15) is 18.5 Å². The van der Waals surface area contributed by atoms with E-state index in [9.17, 15) is 8.78 Å². The number of nitrogens with two attached hydrogens (primary N) is 1. The molecule has 1 rings (SSSR count). The molecule has 0 saturated heterocycles. The lowest BCUT2D eigenvalue weighted by atomic mass is 9.95. The summed E-state index contributed by atoms with van der Waals surface area (Å²) in [7, 11) is 0. The third-order valence-electron chi connectivity index (χ3n) is 2.27. The molecular formula is C11H13F2N. The molecule has 3 heteroatoms. The first kappa shape index (κ1) is 10.9. The molecule has 0 aliphatic heterocycles. The zero-order valence-electron chi connectivity index (χ0n) is 8.00. The largest absolute Gasteiger partial charge is 0.323 e. The molecule has 1 aromatic carbocycles. The molecule has 0 unspecified atom stereocenters. The van der Waals surface area contributed by atoms with Gasteiger partial charge in [0, 0.05) is 6.04 Å². The highest BCUT2D eigenvalue weighted by atomic mass is 19.2. The van der Waals surface area contributed by atoms with Gasteiger partial charge in [0.05, 0.1) is 0 Å². The van der Waals surface area contributed by atoms with E-state index in [0.717, 1.165) is 12.1 Å². The van der Waals surface area contributed by atoms with Crippen molar-refractivity contribution >= 4 is 0 Å². The summed E-state index contributed by atoms with van der Waals surface area (Å²) >= 11 is 0. The number of rotatable bonds is 3. The molecule has 0 aliphatic rings. The topological polar surface area (TPSA) is 26.0 Å². The SMILES string of the molecule is C=C[C@H](C)[C@H](N)c1ccc(F)c(F)c1.